The molecule has 0 unspecified atom stereocenters. The van der Waals surface area contributed by atoms with Crippen molar-refractivity contribution in [3.8, 4) is 0 Å². The topological polar surface area (TPSA) is 41.9 Å². The van der Waals surface area contributed by atoms with Gasteiger partial charge in [0.05, 0.1) is 7.11 Å². The number of benzene rings is 1. The maximum atomic E-state index is 14.0. The highest BCUT2D eigenvalue weighted by atomic mass is 79.9. The Morgan fingerprint density at radius 3 is 2.67 bits per heavy atom. The molecule has 128 valence electrons. The summed E-state index contributed by atoms with van der Waals surface area (Å²) < 4.78 is 19.2. The first-order chi connectivity index (χ1) is 11.4. The molecule has 1 aromatic carbocycles. The van der Waals surface area contributed by atoms with Crippen LogP contribution >= 0.6 is 15.9 Å². The van der Waals surface area contributed by atoms with Gasteiger partial charge < -0.3 is 9.64 Å². The maximum Gasteiger partial charge on any atom is 0.356 e. The van der Waals surface area contributed by atoms with E-state index < -0.39 is 5.97 Å². The van der Waals surface area contributed by atoms with Crippen molar-refractivity contribution >= 4 is 33.2 Å². The second-order valence-electron chi connectivity index (χ2n) is 4.57. The van der Waals surface area contributed by atoms with Gasteiger partial charge in [-0.25, -0.2) is 14.2 Å². The Balaban J connectivity index is 0.00000139. The van der Waals surface area contributed by atoms with Gasteiger partial charge >= 0.3 is 5.97 Å². The number of allylic oxidation sites excluding steroid dienone is 2. The van der Waals surface area contributed by atoms with E-state index in [2.05, 4.69) is 32.2 Å². The fraction of sp³-hybridized carbons (Fsp3) is 0.222. The third-order valence-electron chi connectivity index (χ3n) is 3.03. The van der Waals surface area contributed by atoms with E-state index >= 15 is 0 Å². The van der Waals surface area contributed by atoms with Crippen LogP contribution in [-0.2, 0) is 9.53 Å². The largest absolute Gasteiger partial charge is 0.464 e. The molecule has 0 spiro atoms. The molecule has 0 aliphatic carbocycles. The van der Waals surface area contributed by atoms with E-state index in [0.29, 0.717) is 21.4 Å². The SMILES string of the molecule is C=C(/C=C1/N=C(C(=O)OC)C=CN1C)c1ccc(Br)cc1F.CC. The van der Waals surface area contributed by atoms with E-state index in [0.717, 1.165) is 0 Å². The highest BCUT2D eigenvalue weighted by Crippen LogP contribution is 2.24. The number of nitrogens with zero attached hydrogens (tertiary/aromatic N) is 2. The molecule has 0 amide bonds. The first-order valence-corrected chi connectivity index (χ1v) is 8.15. The average molecular weight is 395 g/mol. The summed E-state index contributed by atoms with van der Waals surface area (Å²) in [5, 5.41) is 0. The normalized spacial score (nSPS) is 14.7. The van der Waals surface area contributed by atoms with Gasteiger partial charge in [0, 0.05) is 23.3 Å². The number of methoxy groups -OCH3 is 1. The van der Waals surface area contributed by atoms with Crippen molar-refractivity contribution in [3.63, 3.8) is 0 Å². The second kappa shape index (κ2) is 9.17. The monoisotopic (exact) mass is 394 g/mol. The van der Waals surface area contributed by atoms with Crippen LogP contribution in [0.3, 0.4) is 0 Å². The van der Waals surface area contributed by atoms with Crippen LogP contribution in [0.4, 0.5) is 4.39 Å². The predicted octanol–water partition coefficient (Wildman–Crippen LogP) is 4.54. The number of carbonyl (C=O) groups excluding carboxylic acids is 1. The highest BCUT2D eigenvalue weighted by Gasteiger charge is 2.16. The van der Waals surface area contributed by atoms with Gasteiger partial charge in [-0.1, -0.05) is 42.4 Å². The van der Waals surface area contributed by atoms with E-state index in [1.54, 1.807) is 42.4 Å². The van der Waals surface area contributed by atoms with Gasteiger partial charge in [-0.2, -0.15) is 0 Å². The zero-order valence-electron chi connectivity index (χ0n) is 14.1. The summed E-state index contributed by atoms with van der Waals surface area (Å²) in [6.45, 7) is 7.87. The van der Waals surface area contributed by atoms with Crippen LogP contribution in [0.1, 0.15) is 19.4 Å². The van der Waals surface area contributed by atoms with Crippen LogP contribution in [0.15, 0.2) is 58.4 Å². The van der Waals surface area contributed by atoms with Crippen LogP contribution in [-0.4, -0.2) is 30.7 Å². The lowest BCUT2D eigenvalue weighted by atomic mass is 10.1. The summed E-state index contributed by atoms with van der Waals surface area (Å²) >= 11 is 3.21. The van der Waals surface area contributed by atoms with E-state index in [-0.39, 0.29) is 11.5 Å². The van der Waals surface area contributed by atoms with Crippen LogP contribution in [0.25, 0.3) is 5.57 Å². The lowest BCUT2D eigenvalue weighted by Crippen LogP contribution is -2.21. The number of esters is 1. The Bertz CT molecular complexity index is 724. The first kappa shape index (κ1) is 19.8. The van der Waals surface area contributed by atoms with Crippen LogP contribution < -0.4 is 0 Å². The Labute approximate surface area is 150 Å². The summed E-state index contributed by atoms with van der Waals surface area (Å²) in [5.41, 5.74) is 1.000. The minimum atomic E-state index is -0.532. The predicted molar refractivity (Wildman–Crippen MR) is 98.9 cm³/mol. The molecule has 0 bridgehead atoms. The number of hydrogen-bond acceptors (Lipinski definition) is 4. The molecule has 1 aromatic rings. The quantitative estimate of drug-likeness (QED) is 0.706. The zero-order valence-corrected chi connectivity index (χ0v) is 15.7. The zero-order chi connectivity index (χ0) is 18.3. The Hall–Kier alpha value is -2.21. The minimum Gasteiger partial charge on any atom is -0.464 e. The number of aliphatic imine (C=N–C) groups is 1. The maximum absolute atomic E-state index is 14.0. The minimum absolute atomic E-state index is 0.177. The van der Waals surface area contributed by atoms with Gasteiger partial charge in [-0.15, -0.1) is 0 Å². The van der Waals surface area contributed by atoms with Crippen molar-refractivity contribution in [1.82, 2.24) is 4.90 Å². The standard InChI is InChI=1S/C16H14BrFN2O2.C2H6/c1-10(12-5-4-11(17)9-13(12)18)8-15-19-14(16(21)22-3)6-7-20(15)2;1-2/h4-9H,1H2,2-3H3;1-2H3/b15-8-;. The van der Waals surface area contributed by atoms with Crippen molar-refractivity contribution in [2.75, 3.05) is 14.2 Å². The van der Waals surface area contributed by atoms with Crippen molar-refractivity contribution in [3.05, 3.63) is 64.8 Å². The van der Waals surface area contributed by atoms with Gasteiger partial charge in [0.15, 0.2) is 5.71 Å². The first-order valence-electron chi connectivity index (χ1n) is 7.36. The van der Waals surface area contributed by atoms with Crippen LogP contribution in [0, 0.1) is 5.82 Å². The fourth-order valence-electron chi connectivity index (χ4n) is 1.83. The molecule has 6 heteroatoms. The number of hydrogen-bond donors (Lipinski definition) is 0. The van der Waals surface area contributed by atoms with E-state index in [9.17, 15) is 9.18 Å². The molecule has 0 atom stereocenters. The molecule has 0 fully saturated rings. The summed E-state index contributed by atoms with van der Waals surface area (Å²) in [4.78, 5) is 17.4. The number of ether oxygens (including phenoxy) is 1. The molecule has 0 radical (unpaired) electrons. The molecule has 4 nitrogen and oxygen atoms in total. The van der Waals surface area contributed by atoms with Crippen molar-refractivity contribution in [2.24, 2.45) is 4.99 Å². The number of rotatable bonds is 3. The Kier molecular flexibility index (Phi) is 7.58. The number of halogens is 2. The van der Waals surface area contributed by atoms with Crippen molar-refractivity contribution < 1.29 is 13.9 Å². The molecular formula is C18H20BrFN2O2. The lowest BCUT2D eigenvalue weighted by molar-refractivity contribution is -0.132. The Morgan fingerprint density at radius 2 is 2.08 bits per heavy atom. The second-order valence-corrected chi connectivity index (χ2v) is 5.48. The van der Waals surface area contributed by atoms with Crippen molar-refractivity contribution in [1.29, 1.82) is 0 Å². The third-order valence-corrected chi connectivity index (χ3v) is 3.52. The highest BCUT2D eigenvalue weighted by molar-refractivity contribution is 9.10. The average Bonchev–Trinajstić information content (AvgIpc) is 2.57. The smallest absolute Gasteiger partial charge is 0.356 e. The molecule has 24 heavy (non-hydrogen) atoms. The molecule has 0 saturated heterocycles. The lowest BCUT2D eigenvalue weighted by Gasteiger charge is -2.19. The summed E-state index contributed by atoms with van der Waals surface area (Å²) in [6, 6.07) is 4.73. The molecule has 0 aromatic heterocycles. The molecule has 2 rings (SSSR count). The van der Waals surface area contributed by atoms with Gasteiger partial charge in [-0.3, -0.25) is 0 Å². The Morgan fingerprint density at radius 1 is 1.42 bits per heavy atom. The summed E-state index contributed by atoms with van der Waals surface area (Å²) in [6.07, 6.45) is 4.83. The third kappa shape index (κ3) is 4.89. The molecule has 1 heterocycles. The molecular weight excluding hydrogens is 375 g/mol. The van der Waals surface area contributed by atoms with E-state index in [1.807, 2.05) is 13.8 Å². The van der Waals surface area contributed by atoms with Gasteiger partial charge in [0.25, 0.3) is 0 Å². The van der Waals surface area contributed by atoms with Crippen LogP contribution in [0.5, 0.6) is 0 Å². The van der Waals surface area contributed by atoms with Crippen molar-refractivity contribution in [2.45, 2.75) is 13.8 Å². The fourth-order valence-corrected chi connectivity index (χ4v) is 2.17. The molecule has 0 N–H and O–H groups in total. The summed E-state index contributed by atoms with van der Waals surface area (Å²) in [5.74, 6) is -0.451. The van der Waals surface area contributed by atoms with Gasteiger partial charge in [-0.05, 0) is 29.9 Å². The van der Waals surface area contributed by atoms with Gasteiger partial charge in [0.2, 0.25) is 0 Å². The van der Waals surface area contributed by atoms with Crippen LogP contribution in [0.2, 0.25) is 0 Å². The molecule has 0 saturated carbocycles. The van der Waals surface area contributed by atoms with Gasteiger partial charge in [0.1, 0.15) is 11.6 Å². The number of carbonyl (C=O) groups is 1. The molecule has 1 aliphatic rings. The summed E-state index contributed by atoms with van der Waals surface area (Å²) in [7, 11) is 3.06. The molecule has 1 aliphatic heterocycles. The van der Waals surface area contributed by atoms with E-state index in [4.69, 9.17) is 0 Å². The van der Waals surface area contributed by atoms with E-state index in [1.165, 1.54) is 13.2 Å².